The average molecular weight is 1980 g/mol. The number of aromatic nitrogens is 7. The van der Waals surface area contributed by atoms with Gasteiger partial charge < -0.3 is 87.9 Å². The van der Waals surface area contributed by atoms with Gasteiger partial charge in [-0.25, -0.2) is 50.4 Å². The molecule has 2 atom stereocenters. The van der Waals surface area contributed by atoms with Crippen molar-refractivity contribution in [1.29, 1.82) is 15.9 Å². The molecular weight excluding hydrogens is 1870 g/mol. The molecule has 2 aliphatic heterocycles. The van der Waals surface area contributed by atoms with Crippen molar-refractivity contribution in [2.75, 3.05) is 61.5 Å². The first-order chi connectivity index (χ1) is 67.2. The quantitative estimate of drug-likeness (QED) is 0.00414. The van der Waals surface area contributed by atoms with Gasteiger partial charge in [-0.15, -0.1) is 0 Å². The van der Waals surface area contributed by atoms with Gasteiger partial charge in [0.05, 0.1) is 55.7 Å². The Kier molecular flexibility index (Phi) is 44.9. The van der Waals surface area contributed by atoms with E-state index in [1.54, 1.807) is 77.0 Å². The number of hydrogen-bond donors (Lipinski definition) is 10. The number of nitrogens with two attached hydrogens (primary N) is 5. The predicted molar refractivity (Wildman–Crippen MR) is 556 cm³/mol. The van der Waals surface area contributed by atoms with Gasteiger partial charge in [-0.2, -0.15) is 13.7 Å². The molecule has 17 N–H and O–H groups in total. The Morgan fingerprint density at radius 1 is 0.603 bits per heavy atom. The van der Waals surface area contributed by atoms with Crippen LogP contribution in [0.25, 0.3) is 75.6 Å². The number of allylic oxidation sites excluding steroid dienone is 2. The summed E-state index contributed by atoms with van der Waals surface area (Å²) in [7, 11) is -3.52. The van der Waals surface area contributed by atoms with Crippen molar-refractivity contribution in [3.8, 4) is 103 Å². The maximum absolute atomic E-state index is 11.8. The van der Waals surface area contributed by atoms with Crippen molar-refractivity contribution >= 4 is 101 Å². The van der Waals surface area contributed by atoms with Crippen molar-refractivity contribution in [2.24, 2.45) is 11.5 Å². The number of alkyl halides is 1. The highest BCUT2D eigenvalue weighted by atomic mass is 79.9. The summed E-state index contributed by atoms with van der Waals surface area (Å²) in [6, 6.07) is 90.0. The number of hydrogen-bond acceptors (Lipinski definition) is 24. The molecule has 0 spiro atoms. The zero-order valence-electron chi connectivity index (χ0n) is 77.3. The number of rotatable bonds is 19. The van der Waals surface area contributed by atoms with Gasteiger partial charge >= 0.3 is 6.09 Å². The molecule has 141 heavy (non-hydrogen) atoms. The average Bonchev–Trinajstić information content (AvgIpc) is 1.61. The Labute approximate surface area is 828 Å². The Balaban J connectivity index is 0.000000226. The number of likely N-dealkylation sites (tertiary alicyclic amines) is 1. The van der Waals surface area contributed by atoms with Crippen molar-refractivity contribution in [3.05, 3.63) is 362 Å². The van der Waals surface area contributed by atoms with Gasteiger partial charge in [0, 0.05) is 52.6 Å². The third kappa shape index (κ3) is 35.2. The van der Waals surface area contributed by atoms with E-state index in [0.29, 0.717) is 64.4 Å². The molecular formula is C106H109BrN21O12S+. The summed E-state index contributed by atoms with van der Waals surface area (Å²) in [6.45, 7) is 29.8. The van der Waals surface area contributed by atoms with E-state index < -0.39 is 27.9 Å². The number of nitriles is 2. The van der Waals surface area contributed by atoms with Gasteiger partial charge in [0.2, 0.25) is 18.2 Å². The molecule has 0 bridgehead atoms. The normalized spacial score (nSPS) is 12.5. The monoisotopic (exact) mass is 1980 g/mol. The van der Waals surface area contributed by atoms with Crippen LogP contribution in [-0.2, 0) is 23.8 Å². The molecule has 2 saturated heterocycles. The molecule has 0 radical (unpaired) electrons. The first-order valence-corrected chi connectivity index (χ1v) is 45.9. The summed E-state index contributed by atoms with van der Waals surface area (Å²) in [6.07, 6.45) is 14.4. The first-order valence-electron chi connectivity index (χ1n) is 43.0. The molecule has 2 fully saturated rings. The number of ether oxygens (including phenoxy) is 6. The number of nitrogen functional groups attached to an aromatic ring is 3. The predicted octanol–water partition coefficient (Wildman–Crippen LogP) is 22.8. The van der Waals surface area contributed by atoms with E-state index in [0.717, 1.165) is 151 Å². The van der Waals surface area contributed by atoms with Crippen LogP contribution in [0.1, 0.15) is 76.3 Å². The number of aromatic amines is 2. The number of anilines is 3. The number of halogens is 1. The molecule has 33 nitrogen and oxygen atoms in total. The van der Waals surface area contributed by atoms with Crippen LogP contribution >= 0.6 is 15.9 Å². The topological polar surface area (TPSA) is 503 Å². The minimum absolute atomic E-state index is 0. The molecule has 2 unspecified atom stereocenters. The Morgan fingerprint density at radius 3 is 1.38 bits per heavy atom. The number of piperidine rings is 2. The number of para-hydroxylation sites is 5. The van der Waals surface area contributed by atoms with Gasteiger partial charge in [0.25, 0.3) is 22.4 Å². The number of fused-ring (bicyclic) bond motifs is 2. The van der Waals surface area contributed by atoms with E-state index in [-0.39, 0.29) is 44.6 Å². The van der Waals surface area contributed by atoms with E-state index >= 15 is 0 Å². The largest absolute Gasteiger partial charge is 0.457 e. The third-order valence-corrected chi connectivity index (χ3v) is 20.8. The summed E-state index contributed by atoms with van der Waals surface area (Å²) >= 11 is 3.32. The summed E-state index contributed by atoms with van der Waals surface area (Å²) < 4.78 is 63.2. The lowest BCUT2D eigenvalue weighted by atomic mass is 10.1. The first kappa shape index (κ1) is 110. The molecule has 2 aliphatic rings. The highest BCUT2D eigenvalue weighted by Gasteiger charge is 2.35. The Morgan fingerprint density at radius 2 is 1.01 bits per heavy atom. The fourth-order valence-corrected chi connectivity index (χ4v) is 14.6. The number of benzene rings is 10. The molecule has 15 aromatic rings. The molecule has 17 rings (SSSR count). The number of carbonyl (C=O) groups excluding carboxylic acids is 3. The van der Waals surface area contributed by atoms with Crippen LogP contribution in [0.4, 0.5) is 27.9 Å². The van der Waals surface area contributed by atoms with Crippen LogP contribution in [0.15, 0.2) is 310 Å². The van der Waals surface area contributed by atoms with Crippen LogP contribution in [0.2, 0.25) is 0 Å². The number of Topliss-reactive ketones (excluding diaryl/α,β-unsaturated/α-hetero) is 1. The molecule has 2 amide bonds. The lowest BCUT2D eigenvalue weighted by Gasteiger charge is -2.29. The fraction of sp³-hybridized carbons (Fsp3) is 0.170. The highest BCUT2D eigenvalue weighted by molar-refractivity contribution is 9.09. The second-order valence-corrected chi connectivity index (χ2v) is 32.8. The maximum atomic E-state index is 11.8. The third-order valence-electron chi connectivity index (χ3n) is 19.6. The van der Waals surface area contributed by atoms with Crippen molar-refractivity contribution in [2.45, 2.75) is 72.1 Å². The van der Waals surface area contributed by atoms with E-state index in [2.05, 4.69) is 100 Å². The number of carbonyl (C=O) groups is 3. The van der Waals surface area contributed by atoms with Crippen molar-refractivity contribution < 1.29 is 55.4 Å². The van der Waals surface area contributed by atoms with Gasteiger partial charge in [-0.3, -0.25) is 19.9 Å². The van der Waals surface area contributed by atoms with Crippen LogP contribution in [0.5, 0.6) is 57.5 Å². The summed E-state index contributed by atoms with van der Waals surface area (Å²) in [5.41, 5.74) is 36.2. The number of H-pyrrole nitrogens is 2. The lowest BCUT2D eigenvalue weighted by molar-refractivity contribution is -0.106. The molecule has 7 heterocycles. The molecule has 0 saturated carbocycles. The summed E-state index contributed by atoms with van der Waals surface area (Å²) in [5, 5.41) is 28.1. The van der Waals surface area contributed by atoms with Gasteiger partial charge in [0.1, 0.15) is 123 Å². The van der Waals surface area contributed by atoms with E-state index in [9.17, 15) is 18.0 Å². The zero-order chi connectivity index (χ0) is 99.9. The smallest absolute Gasteiger partial charge is 0.410 e. The number of primary amides is 1. The van der Waals surface area contributed by atoms with Crippen LogP contribution in [-0.4, -0.2) is 128 Å². The lowest BCUT2D eigenvalue weighted by Crippen LogP contribution is -2.46. The number of ketones is 1. The van der Waals surface area contributed by atoms with Gasteiger partial charge in [-0.1, -0.05) is 163 Å². The highest BCUT2D eigenvalue weighted by Crippen LogP contribution is 2.40. The van der Waals surface area contributed by atoms with Crippen molar-refractivity contribution in [3.63, 3.8) is 0 Å². The number of nitrogens with one attached hydrogen (secondary N) is 4. The van der Waals surface area contributed by atoms with E-state index in [1.165, 1.54) is 11.2 Å². The minimum Gasteiger partial charge on any atom is -0.457 e. The minimum atomic E-state index is -3.52. The van der Waals surface area contributed by atoms with Crippen molar-refractivity contribution in [1.82, 2.24) is 50.8 Å². The Bertz CT molecular complexity index is 6790. The van der Waals surface area contributed by atoms with Crippen LogP contribution in [0.3, 0.4) is 0 Å². The maximum Gasteiger partial charge on any atom is 0.410 e. The number of amides is 2. The second-order valence-electron chi connectivity index (χ2n) is 30.7. The molecule has 35 heteroatoms. The zero-order valence-corrected chi connectivity index (χ0v) is 79.7. The Hall–Kier alpha value is -17.6. The molecule has 0 aliphatic carbocycles. The van der Waals surface area contributed by atoms with E-state index in [1.807, 2.05) is 249 Å². The molecule has 722 valence electrons. The summed E-state index contributed by atoms with van der Waals surface area (Å²) in [4.78, 5) is 65.4. The van der Waals surface area contributed by atoms with Crippen LogP contribution in [0, 0.1) is 54.2 Å². The summed E-state index contributed by atoms with van der Waals surface area (Å²) in [5.74, 6) is 9.17. The van der Waals surface area contributed by atoms with E-state index in [4.69, 9.17) is 90.2 Å². The molecule has 5 aromatic heterocycles. The standard InChI is InChI=1S/C23H23N5O.C18H14N4O.C17H11BrN2O.C17H13N3O.C14H12O2.C11H20NO5S.C3H2N2.CH4N2.CH3NO.CH4.H3N/c24-22-21-20(14-28(23(21)27-15-26-22)17-5-4-12-25-13-17)16-8-10-19(11-9-16)29-18-6-2-1-3-7-18;19-17-16-15(10-20-18(16)22-11-21-17)12-6-8-14(9-7-12)23-13-4-2-1-3-5-13;1-20-17(12-19)16(11-18)13-7-9-15(10-8-13)21-14-5-3-2-4-6-14;1-19-16-15(11-20-17(16)18)12-7-9-14(10-8-12)21-13-5-3-2-4-6-13;1-11(15)12-7-9-14(10-8-12)16-13-5-3-2-4-6-13;1-11(2,3)16-10(13)12-7-5-6-9(8-12)17-18(4,14)15;1-5-3-2-4;2*2-1-3;;/h1-3,6-11,14-15,17,25H,4-5,12-13H2,(H2,24,26,27);1-11H,(H3,19,20,21,22);2-10H,11H2;2-11,20H,18H2;2-10H,1H3;6,9H,5,7-8H2,1-4H3;3H2;1H,(H3,2,3);1H,(H2,2,3);1H4;1H3/q;;;;;+1;;;;;/b;;17-16-;;;;;;;;. The number of nitrogens with zero attached hydrogens (tertiary/aromatic N) is 11. The molecule has 10 aromatic carbocycles. The fourth-order valence-electron chi connectivity index (χ4n) is 13.4. The second kappa shape index (κ2) is 57.3. The van der Waals surface area contributed by atoms with Gasteiger partial charge in [-0.05, 0) is 215 Å². The SMILES string of the molecule is C.CC(=O)c1ccc(Oc2ccccc2)cc1.CC(C)(C)OC(=O)N1CC[CH+]C(OS(C)(=O)=O)C1.N.N=CN.NC=O.Nc1ncnc2[nH]cc(-c3ccc(Oc4ccccc4)cc3)c12.Nc1ncnc2c1c(-c1ccc(Oc3ccccc3)cc1)cn2C1CCCNC1.[C-]#[N+]/C(C#N)=C(/CBr)c1ccc(Oc2ccccc2)cc1.[C-]#[N+]CC#N.[C-]#[N+]c1c(-c2ccc(Oc3ccccc3)cc2)c[nH]c1N. The van der Waals surface area contributed by atoms with Crippen LogP contribution < -0.4 is 63.8 Å². The van der Waals surface area contributed by atoms with Gasteiger partial charge in [0.15, 0.2) is 5.78 Å².